The van der Waals surface area contributed by atoms with Crippen LogP contribution in [0.2, 0.25) is 0 Å². The van der Waals surface area contributed by atoms with Crippen molar-refractivity contribution in [2.75, 3.05) is 11.9 Å². The Bertz CT molecular complexity index is 313. The largest absolute Gasteiger partial charge is 0.396 e. The van der Waals surface area contributed by atoms with Crippen LogP contribution in [0, 0.1) is 6.92 Å². The molecule has 1 aromatic rings. The molecule has 1 aromatic heterocycles. The van der Waals surface area contributed by atoms with Crippen molar-refractivity contribution in [3.63, 3.8) is 0 Å². The number of nitrogens with one attached hydrogen (secondary N) is 1. The molecule has 1 rings (SSSR count). The van der Waals surface area contributed by atoms with Gasteiger partial charge in [0, 0.05) is 19.2 Å². The zero-order valence-corrected chi connectivity index (χ0v) is 8.16. The van der Waals surface area contributed by atoms with Crippen LogP contribution in [0.1, 0.15) is 18.4 Å². The van der Waals surface area contributed by atoms with E-state index in [1.165, 1.54) is 0 Å². The van der Waals surface area contributed by atoms with Crippen molar-refractivity contribution in [2.24, 2.45) is 0 Å². The number of anilines is 1. The quantitative estimate of drug-likeness (QED) is 0.754. The Balaban J connectivity index is 2.52. The number of rotatable bonds is 4. The molecule has 0 atom stereocenters. The third-order valence-corrected chi connectivity index (χ3v) is 1.88. The SMILES string of the molecule is Cc1ccncc1NC(=O)CCCO. The van der Waals surface area contributed by atoms with E-state index in [0.717, 1.165) is 11.3 Å². The molecule has 1 heterocycles. The van der Waals surface area contributed by atoms with Gasteiger partial charge in [-0.3, -0.25) is 9.78 Å². The van der Waals surface area contributed by atoms with Gasteiger partial charge in [-0.25, -0.2) is 0 Å². The zero-order valence-electron chi connectivity index (χ0n) is 8.16. The molecule has 0 saturated carbocycles. The third-order valence-electron chi connectivity index (χ3n) is 1.88. The van der Waals surface area contributed by atoms with Crippen molar-refractivity contribution < 1.29 is 9.90 Å². The fourth-order valence-corrected chi connectivity index (χ4v) is 1.05. The highest BCUT2D eigenvalue weighted by Crippen LogP contribution is 2.11. The van der Waals surface area contributed by atoms with E-state index in [1.807, 2.05) is 13.0 Å². The molecule has 4 nitrogen and oxygen atoms in total. The van der Waals surface area contributed by atoms with Gasteiger partial charge in [0.2, 0.25) is 5.91 Å². The summed E-state index contributed by atoms with van der Waals surface area (Å²) < 4.78 is 0. The number of aryl methyl sites for hydroxylation is 1. The van der Waals surface area contributed by atoms with E-state index < -0.39 is 0 Å². The maximum Gasteiger partial charge on any atom is 0.224 e. The molecule has 0 aliphatic rings. The van der Waals surface area contributed by atoms with Gasteiger partial charge in [0.1, 0.15) is 0 Å². The second kappa shape index (κ2) is 5.34. The first-order valence-corrected chi connectivity index (χ1v) is 4.55. The summed E-state index contributed by atoms with van der Waals surface area (Å²) in [5, 5.41) is 11.3. The monoisotopic (exact) mass is 194 g/mol. The molecule has 0 aliphatic carbocycles. The minimum Gasteiger partial charge on any atom is -0.396 e. The van der Waals surface area contributed by atoms with Crippen LogP contribution in [-0.4, -0.2) is 22.6 Å². The van der Waals surface area contributed by atoms with Gasteiger partial charge in [-0.2, -0.15) is 0 Å². The molecule has 0 saturated heterocycles. The number of hydrogen-bond donors (Lipinski definition) is 2. The van der Waals surface area contributed by atoms with E-state index in [4.69, 9.17) is 5.11 Å². The molecule has 1 amide bonds. The van der Waals surface area contributed by atoms with Gasteiger partial charge in [-0.05, 0) is 25.0 Å². The number of aromatic nitrogens is 1. The lowest BCUT2D eigenvalue weighted by Gasteiger charge is -2.06. The first kappa shape index (κ1) is 10.7. The predicted octanol–water partition coefficient (Wildman–Crippen LogP) is 1.10. The highest BCUT2D eigenvalue weighted by atomic mass is 16.3. The van der Waals surface area contributed by atoms with Crippen molar-refractivity contribution in [3.05, 3.63) is 24.0 Å². The van der Waals surface area contributed by atoms with E-state index in [9.17, 15) is 4.79 Å². The van der Waals surface area contributed by atoms with Gasteiger partial charge in [0.15, 0.2) is 0 Å². The summed E-state index contributed by atoms with van der Waals surface area (Å²) in [4.78, 5) is 15.2. The van der Waals surface area contributed by atoms with Gasteiger partial charge in [0.25, 0.3) is 0 Å². The lowest BCUT2D eigenvalue weighted by molar-refractivity contribution is -0.116. The Hall–Kier alpha value is -1.42. The Morgan fingerprint density at radius 1 is 1.64 bits per heavy atom. The standard InChI is InChI=1S/C10H14N2O2/c1-8-4-5-11-7-9(8)12-10(14)3-2-6-13/h4-5,7,13H,2-3,6H2,1H3,(H,12,14). The smallest absolute Gasteiger partial charge is 0.224 e. The summed E-state index contributed by atoms with van der Waals surface area (Å²) in [6.07, 6.45) is 4.13. The minimum atomic E-state index is -0.0878. The molecule has 0 spiro atoms. The van der Waals surface area contributed by atoms with Crippen LogP contribution < -0.4 is 5.32 Å². The molecule has 0 unspecified atom stereocenters. The second-order valence-corrected chi connectivity index (χ2v) is 3.07. The van der Waals surface area contributed by atoms with Crippen molar-refractivity contribution in [1.82, 2.24) is 4.98 Å². The number of aliphatic hydroxyl groups is 1. The highest BCUT2D eigenvalue weighted by molar-refractivity contribution is 5.91. The maximum absolute atomic E-state index is 11.3. The maximum atomic E-state index is 11.3. The fourth-order valence-electron chi connectivity index (χ4n) is 1.05. The molecule has 4 heteroatoms. The summed E-state index contributed by atoms with van der Waals surface area (Å²) >= 11 is 0. The molecule has 0 aliphatic heterocycles. The van der Waals surface area contributed by atoms with Gasteiger partial charge in [0.05, 0.1) is 11.9 Å². The van der Waals surface area contributed by atoms with Crippen molar-refractivity contribution in [3.8, 4) is 0 Å². The molecule has 0 aromatic carbocycles. The number of pyridine rings is 1. The van der Waals surface area contributed by atoms with Crippen LogP contribution >= 0.6 is 0 Å². The van der Waals surface area contributed by atoms with Crippen molar-refractivity contribution >= 4 is 11.6 Å². The van der Waals surface area contributed by atoms with Gasteiger partial charge >= 0.3 is 0 Å². The van der Waals surface area contributed by atoms with Gasteiger partial charge < -0.3 is 10.4 Å². The molecule has 76 valence electrons. The van der Waals surface area contributed by atoms with Crippen LogP contribution in [0.15, 0.2) is 18.5 Å². The van der Waals surface area contributed by atoms with Crippen molar-refractivity contribution in [1.29, 1.82) is 0 Å². The van der Waals surface area contributed by atoms with Gasteiger partial charge in [-0.15, -0.1) is 0 Å². The second-order valence-electron chi connectivity index (χ2n) is 3.07. The van der Waals surface area contributed by atoms with Crippen LogP contribution in [0.4, 0.5) is 5.69 Å². The summed E-state index contributed by atoms with van der Waals surface area (Å²) in [5.74, 6) is -0.0878. The van der Waals surface area contributed by atoms with Crippen LogP contribution in [0.3, 0.4) is 0 Å². The topological polar surface area (TPSA) is 62.2 Å². The van der Waals surface area contributed by atoms with E-state index in [2.05, 4.69) is 10.3 Å². The lowest BCUT2D eigenvalue weighted by Crippen LogP contribution is -2.12. The Morgan fingerprint density at radius 2 is 2.43 bits per heavy atom. The predicted molar refractivity (Wildman–Crippen MR) is 53.9 cm³/mol. The van der Waals surface area contributed by atoms with Crippen LogP contribution in [0.5, 0.6) is 0 Å². The number of carbonyl (C=O) groups is 1. The molecule has 0 bridgehead atoms. The molecule has 0 radical (unpaired) electrons. The third kappa shape index (κ3) is 3.14. The minimum absolute atomic E-state index is 0.0411. The molecular formula is C10H14N2O2. The van der Waals surface area contributed by atoms with E-state index in [1.54, 1.807) is 12.4 Å². The summed E-state index contributed by atoms with van der Waals surface area (Å²) in [6, 6.07) is 1.83. The number of nitrogens with zero attached hydrogens (tertiary/aromatic N) is 1. The van der Waals surface area contributed by atoms with E-state index in [-0.39, 0.29) is 12.5 Å². The Labute approximate surface area is 83.0 Å². The Kier molecular flexibility index (Phi) is 4.07. The number of carbonyl (C=O) groups excluding carboxylic acids is 1. The van der Waals surface area contributed by atoms with E-state index >= 15 is 0 Å². The molecule has 14 heavy (non-hydrogen) atoms. The molecule has 0 fully saturated rings. The van der Waals surface area contributed by atoms with Crippen LogP contribution in [-0.2, 0) is 4.79 Å². The summed E-state index contributed by atoms with van der Waals surface area (Å²) in [7, 11) is 0. The average molecular weight is 194 g/mol. The lowest BCUT2D eigenvalue weighted by atomic mass is 10.2. The molecule has 2 N–H and O–H groups in total. The first-order valence-electron chi connectivity index (χ1n) is 4.55. The van der Waals surface area contributed by atoms with Crippen molar-refractivity contribution in [2.45, 2.75) is 19.8 Å². The average Bonchev–Trinajstić information content (AvgIpc) is 2.18. The Morgan fingerprint density at radius 3 is 3.07 bits per heavy atom. The molecular weight excluding hydrogens is 180 g/mol. The highest BCUT2D eigenvalue weighted by Gasteiger charge is 2.03. The normalized spacial score (nSPS) is 9.86. The number of hydrogen-bond acceptors (Lipinski definition) is 3. The number of aliphatic hydroxyl groups excluding tert-OH is 1. The first-order chi connectivity index (χ1) is 6.74. The van der Waals surface area contributed by atoms with Gasteiger partial charge in [-0.1, -0.05) is 0 Å². The number of amides is 1. The van der Waals surface area contributed by atoms with E-state index in [0.29, 0.717) is 12.8 Å². The fraction of sp³-hybridized carbons (Fsp3) is 0.400. The van der Waals surface area contributed by atoms with Crippen LogP contribution in [0.25, 0.3) is 0 Å². The summed E-state index contributed by atoms with van der Waals surface area (Å²) in [6.45, 7) is 1.95. The zero-order chi connectivity index (χ0) is 10.4. The summed E-state index contributed by atoms with van der Waals surface area (Å²) in [5.41, 5.74) is 1.72.